The lowest BCUT2D eigenvalue weighted by Crippen LogP contribution is -2.19. The van der Waals surface area contributed by atoms with Gasteiger partial charge in [-0.05, 0) is 60.4 Å². The molecule has 0 saturated heterocycles. The zero-order valence-electron chi connectivity index (χ0n) is 17.4. The number of hydrogen-bond acceptors (Lipinski definition) is 5. The summed E-state index contributed by atoms with van der Waals surface area (Å²) >= 11 is 0. The second-order valence-corrected chi connectivity index (χ2v) is 7.14. The van der Waals surface area contributed by atoms with E-state index in [9.17, 15) is 14.9 Å². The molecule has 1 N–H and O–H groups in total. The molecule has 0 aliphatic carbocycles. The van der Waals surface area contributed by atoms with E-state index in [2.05, 4.69) is 10.5 Å². The molecular formula is C24H23N3O4. The molecule has 0 heterocycles. The van der Waals surface area contributed by atoms with Crippen LogP contribution in [0.5, 0.6) is 5.75 Å². The molecule has 158 valence electrons. The van der Waals surface area contributed by atoms with Crippen molar-refractivity contribution in [2.45, 2.75) is 26.9 Å². The molecule has 1 amide bonds. The molecule has 0 atom stereocenters. The van der Waals surface area contributed by atoms with E-state index in [1.807, 2.05) is 50.2 Å². The molecule has 0 fully saturated rings. The summed E-state index contributed by atoms with van der Waals surface area (Å²) in [5.41, 5.74) is 7.35. The van der Waals surface area contributed by atoms with Gasteiger partial charge in [0, 0.05) is 17.7 Å². The number of carbonyl (C=O) groups is 1. The predicted octanol–water partition coefficient (Wildman–Crippen LogP) is 4.48. The third-order valence-corrected chi connectivity index (χ3v) is 4.79. The van der Waals surface area contributed by atoms with Crippen molar-refractivity contribution in [3.8, 4) is 5.75 Å². The van der Waals surface area contributed by atoms with Crippen LogP contribution in [0.2, 0.25) is 0 Å². The van der Waals surface area contributed by atoms with Crippen molar-refractivity contribution in [1.29, 1.82) is 0 Å². The zero-order valence-corrected chi connectivity index (χ0v) is 17.4. The number of rotatable bonds is 8. The average Bonchev–Trinajstić information content (AvgIpc) is 2.76. The van der Waals surface area contributed by atoms with Crippen LogP contribution in [0.3, 0.4) is 0 Å². The first-order valence-corrected chi connectivity index (χ1v) is 9.75. The smallest absolute Gasteiger partial charge is 0.269 e. The van der Waals surface area contributed by atoms with Crippen LogP contribution in [0.4, 0.5) is 5.69 Å². The van der Waals surface area contributed by atoms with Crippen LogP contribution in [0.25, 0.3) is 0 Å². The third kappa shape index (κ3) is 6.24. The monoisotopic (exact) mass is 417 g/mol. The summed E-state index contributed by atoms with van der Waals surface area (Å²) in [6.45, 7) is 4.30. The molecule has 0 aliphatic heterocycles. The minimum Gasteiger partial charge on any atom is -0.488 e. The van der Waals surface area contributed by atoms with E-state index in [1.165, 1.54) is 23.9 Å². The number of nitro groups is 1. The lowest BCUT2D eigenvalue weighted by atomic mass is 10.0. The summed E-state index contributed by atoms with van der Waals surface area (Å²) in [7, 11) is 0. The Hall–Kier alpha value is -4.00. The van der Waals surface area contributed by atoms with Crippen molar-refractivity contribution < 1.29 is 14.5 Å². The standard InChI is InChI=1S/C24H23N3O4/c1-17-7-8-20(13-18(17)2)14-24(28)26-25-15-21-5-3-4-6-23(21)31-16-19-9-11-22(12-10-19)27(29)30/h3-13,15H,14,16H2,1-2H3,(H,26,28)/b25-15-. The van der Waals surface area contributed by atoms with E-state index in [1.54, 1.807) is 18.2 Å². The Morgan fingerprint density at radius 2 is 1.74 bits per heavy atom. The molecule has 0 saturated carbocycles. The fraction of sp³-hybridized carbons (Fsp3) is 0.167. The molecule has 7 nitrogen and oxygen atoms in total. The number of amides is 1. The first-order chi connectivity index (χ1) is 14.9. The van der Waals surface area contributed by atoms with Gasteiger partial charge in [0.05, 0.1) is 17.6 Å². The predicted molar refractivity (Wildman–Crippen MR) is 119 cm³/mol. The average molecular weight is 417 g/mol. The molecule has 0 aliphatic rings. The number of hydrogen-bond donors (Lipinski definition) is 1. The molecule has 31 heavy (non-hydrogen) atoms. The Morgan fingerprint density at radius 1 is 1.03 bits per heavy atom. The van der Waals surface area contributed by atoms with Crippen LogP contribution in [0.15, 0.2) is 71.8 Å². The van der Waals surface area contributed by atoms with Gasteiger partial charge in [-0.2, -0.15) is 5.10 Å². The SMILES string of the molecule is Cc1ccc(CC(=O)N/N=C\c2ccccc2OCc2ccc([N+](=O)[O-])cc2)cc1C. The van der Waals surface area contributed by atoms with Crippen molar-refractivity contribution in [2.24, 2.45) is 5.10 Å². The quantitative estimate of drug-likeness (QED) is 0.332. The molecule has 0 unspecified atom stereocenters. The van der Waals surface area contributed by atoms with E-state index in [-0.39, 0.29) is 24.6 Å². The Morgan fingerprint density at radius 3 is 2.45 bits per heavy atom. The first kappa shape index (κ1) is 21.7. The fourth-order valence-corrected chi connectivity index (χ4v) is 2.91. The van der Waals surface area contributed by atoms with Crippen LogP contribution in [0.1, 0.15) is 27.8 Å². The van der Waals surface area contributed by atoms with E-state index >= 15 is 0 Å². The molecule has 7 heteroatoms. The van der Waals surface area contributed by atoms with Crippen LogP contribution in [-0.4, -0.2) is 17.0 Å². The molecule has 0 radical (unpaired) electrons. The van der Waals surface area contributed by atoms with Gasteiger partial charge in [-0.25, -0.2) is 5.43 Å². The zero-order chi connectivity index (χ0) is 22.2. The molecule has 0 bridgehead atoms. The van der Waals surface area contributed by atoms with Gasteiger partial charge in [-0.15, -0.1) is 0 Å². The minimum absolute atomic E-state index is 0.0350. The van der Waals surface area contributed by atoms with Gasteiger partial charge in [0.2, 0.25) is 5.91 Å². The topological polar surface area (TPSA) is 93.8 Å². The minimum atomic E-state index is -0.440. The number of carbonyl (C=O) groups excluding carboxylic acids is 1. The van der Waals surface area contributed by atoms with Crippen molar-refractivity contribution >= 4 is 17.8 Å². The van der Waals surface area contributed by atoms with Crippen molar-refractivity contribution in [2.75, 3.05) is 0 Å². The van der Waals surface area contributed by atoms with Gasteiger partial charge < -0.3 is 4.74 Å². The maximum atomic E-state index is 12.2. The lowest BCUT2D eigenvalue weighted by Gasteiger charge is -2.09. The second-order valence-electron chi connectivity index (χ2n) is 7.14. The van der Waals surface area contributed by atoms with Gasteiger partial charge in [-0.3, -0.25) is 14.9 Å². The number of ether oxygens (including phenoxy) is 1. The first-order valence-electron chi connectivity index (χ1n) is 9.75. The number of nitro benzene ring substituents is 1. The number of benzene rings is 3. The fourth-order valence-electron chi connectivity index (χ4n) is 2.91. The van der Waals surface area contributed by atoms with E-state index in [4.69, 9.17) is 4.74 Å². The number of nitrogens with one attached hydrogen (secondary N) is 1. The molecule has 3 aromatic carbocycles. The maximum Gasteiger partial charge on any atom is 0.269 e. The number of aryl methyl sites for hydroxylation is 2. The van der Waals surface area contributed by atoms with Crippen LogP contribution in [0, 0.1) is 24.0 Å². The highest BCUT2D eigenvalue weighted by molar-refractivity contribution is 5.85. The number of para-hydroxylation sites is 1. The molecule has 0 spiro atoms. The second kappa shape index (κ2) is 10.2. The van der Waals surface area contributed by atoms with Crippen molar-refractivity contribution in [1.82, 2.24) is 5.43 Å². The number of non-ortho nitro benzene ring substituents is 1. The highest BCUT2D eigenvalue weighted by Crippen LogP contribution is 2.19. The summed E-state index contributed by atoms with van der Waals surface area (Å²) in [4.78, 5) is 22.5. The lowest BCUT2D eigenvalue weighted by molar-refractivity contribution is -0.384. The maximum absolute atomic E-state index is 12.2. The van der Waals surface area contributed by atoms with Gasteiger partial charge in [-0.1, -0.05) is 30.3 Å². The van der Waals surface area contributed by atoms with Gasteiger partial charge in [0.15, 0.2) is 0 Å². The number of hydrazone groups is 1. The number of nitrogens with zero attached hydrogens (tertiary/aromatic N) is 2. The summed E-state index contributed by atoms with van der Waals surface area (Å²) in [5, 5.41) is 14.8. The van der Waals surface area contributed by atoms with Crippen LogP contribution < -0.4 is 10.2 Å². The summed E-state index contributed by atoms with van der Waals surface area (Å²) in [6.07, 6.45) is 1.78. The van der Waals surface area contributed by atoms with Gasteiger partial charge in [0.1, 0.15) is 12.4 Å². The molecular weight excluding hydrogens is 394 g/mol. The summed E-state index contributed by atoms with van der Waals surface area (Å²) in [5.74, 6) is 0.386. The largest absolute Gasteiger partial charge is 0.488 e. The van der Waals surface area contributed by atoms with Crippen molar-refractivity contribution in [3.05, 3.63) is 105 Å². The summed E-state index contributed by atoms with van der Waals surface area (Å²) < 4.78 is 5.83. The third-order valence-electron chi connectivity index (χ3n) is 4.79. The van der Waals surface area contributed by atoms with Gasteiger partial charge in [0.25, 0.3) is 5.69 Å². The Labute approximate surface area is 180 Å². The molecule has 0 aromatic heterocycles. The molecule has 3 aromatic rings. The Kier molecular flexibility index (Phi) is 7.11. The van der Waals surface area contributed by atoms with Crippen LogP contribution in [-0.2, 0) is 17.8 Å². The van der Waals surface area contributed by atoms with Gasteiger partial charge >= 0.3 is 0 Å². The highest BCUT2D eigenvalue weighted by atomic mass is 16.6. The van der Waals surface area contributed by atoms with E-state index < -0.39 is 4.92 Å². The summed E-state index contributed by atoms with van der Waals surface area (Å²) in [6, 6.07) is 19.4. The molecule has 3 rings (SSSR count). The van der Waals surface area contributed by atoms with E-state index in [0.717, 1.165) is 16.7 Å². The normalized spacial score (nSPS) is 10.8. The Bertz CT molecular complexity index is 1110. The van der Waals surface area contributed by atoms with Crippen LogP contribution >= 0.6 is 0 Å². The Balaban J connectivity index is 1.57. The van der Waals surface area contributed by atoms with Crippen molar-refractivity contribution in [3.63, 3.8) is 0 Å². The highest BCUT2D eigenvalue weighted by Gasteiger charge is 2.07. The van der Waals surface area contributed by atoms with E-state index in [0.29, 0.717) is 11.3 Å².